The molecule has 0 aromatic heterocycles. The maximum absolute atomic E-state index is 13.5. The van der Waals surface area contributed by atoms with Crippen LogP contribution in [-0.4, -0.2) is 32.2 Å². The summed E-state index contributed by atoms with van der Waals surface area (Å²) in [5.41, 5.74) is 0.685. The largest absolute Gasteiger partial charge is 0.494 e. The predicted molar refractivity (Wildman–Crippen MR) is 66.3 cm³/mol. The van der Waals surface area contributed by atoms with Crippen molar-refractivity contribution in [1.29, 1.82) is 0 Å². The summed E-state index contributed by atoms with van der Waals surface area (Å²) in [5.74, 6) is -0.693. The minimum atomic E-state index is -0.538. The number of benzene rings is 1. The summed E-state index contributed by atoms with van der Waals surface area (Å²) < 4.78 is 29.4. The monoisotopic (exact) mass is 255 g/mol. The Bertz CT molecular complexity index is 413. The molecule has 2 rings (SSSR count). The Labute approximate surface area is 106 Å². The average Bonchev–Trinajstić information content (AvgIpc) is 2.32. The molecule has 5 heteroatoms. The van der Waals surface area contributed by atoms with Crippen LogP contribution in [0.3, 0.4) is 0 Å². The number of hydrogen-bond acceptors (Lipinski definition) is 4. The van der Waals surface area contributed by atoms with Gasteiger partial charge in [-0.15, -0.1) is 0 Å². The van der Waals surface area contributed by atoms with E-state index in [0.29, 0.717) is 18.9 Å². The van der Waals surface area contributed by atoms with E-state index in [0.717, 1.165) is 0 Å². The van der Waals surface area contributed by atoms with E-state index in [4.69, 9.17) is 14.2 Å². The van der Waals surface area contributed by atoms with Crippen LogP contribution in [0.4, 0.5) is 10.1 Å². The van der Waals surface area contributed by atoms with Gasteiger partial charge < -0.3 is 19.5 Å². The average molecular weight is 255 g/mol. The second-order valence-electron chi connectivity index (χ2n) is 4.71. The Balaban J connectivity index is 1.96. The molecule has 1 N–H and O–H groups in total. The highest BCUT2D eigenvalue weighted by Crippen LogP contribution is 2.23. The zero-order chi connectivity index (χ0) is 13.2. The molecule has 1 aromatic rings. The van der Waals surface area contributed by atoms with Gasteiger partial charge in [0.1, 0.15) is 0 Å². The molecule has 0 unspecified atom stereocenters. The summed E-state index contributed by atoms with van der Waals surface area (Å²) in [7, 11) is 1.44. The fourth-order valence-electron chi connectivity index (χ4n) is 1.77. The maximum atomic E-state index is 13.5. The first-order valence-electron chi connectivity index (χ1n) is 5.88. The molecule has 1 heterocycles. The molecular formula is C13H18FNO3. The van der Waals surface area contributed by atoms with Crippen molar-refractivity contribution in [3.63, 3.8) is 0 Å². The molecule has 1 aromatic carbocycles. The van der Waals surface area contributed by atoms with E-state index in [1.165, 1.54) is 13.2 Å². The van der Waals surface area contributed by atoms with Gasteiger partial charge in [0.25, 0.3) is 0 Å². The molecule has 1 saturated heterocycles. The van der Waals surface area contributed by atoms with Crippen LogP contribution in [-0.2, 0) is 9.47 Å². The second-order valence-corrected chi connectivity index (χ2v) is 4.71. The second kappa shape index (κ2) is 5.12. The van der Waals surface area contributed by atoms with Gasteiger partial charge in [-0.3, -0.25) is 0 Å². The van der Waals surface area contributed by atoms with Crippen molar-refractivity contribution in [2.24, 2.45) is 0 Å². The van der Waals surface area contributed by atoms with Crippen LogP contribution < -0.4 is 10.1 Å². The van der Waals surface area contributed by atoms with E-state index in [2.05, 4.69) is 5.32 Å². The number of halogens is 1. The minimum absolute atomic E-state index is 0.0193. The molecule has 1 aliphatic heterocycles. The van der Waals surface area contributed by atoms with E-state index in [-0.39, 0.29) is 17.6 Å². The molecule has 4 nitrogen and oxygen atoms in total. The van der Waals surface area contributed by atoms with Gasteiger partial charge in [-0.2, -0.15) is 0 Å². The molecule has 0 saturated carbocycles. The number of rotatable bonds is 3. The molecule has 1 aliphatic rings. The van der Waals surface area contributed by atoms with Crippen LogP contribution in [0.5, 0.6) is 5.75 Å². The first-order chi connectivity index (χ1) is 8.50. The van der Waals surface area contributed by atoms with Crippen molar-refractivity contribution >= 4 is 5.69 Å². The van der Waals surface area contributed by atoms with Gasteiger partial charge in [0.2, 0.25) is 0 Å². The third-order valence-electron chi connectivity index (χ3n) is 2.79. The molecule has 18 heavy (non-hydrogen) atoms. The lowest BCUT2D eigenvalue weighted by Crippen LogP contribution is -2.45. The van der Waals surface area contributed by atoms with E-state index >= 15 is 0 Å². The standard InChI is InChI=1S/C13H18FNO3/c1-13(2)17-7-10(8-18-13)15-9-4-5-12(16-3)11(14)6-9/h4-6,10,15H,7-8H2,1-3H3. The lowest BCUT2D eigenvalue weighted by molar-refractivity contribution is -0.247. The lowest BCUT2D eigenvalue weighted by atomic mass is 10.2. The third-order valence-corrected chi connectivity index (χ3v) is 2.79. The third kappa shape index (κ3) is 3.11. The lowest BCUT2D eigenvalue weighted by Gasteiger charge is -2.35. The topological polar surface area (TPSA) is 39.7 Å². The first-order valence-corrected chi connectivity index (χ1v) is 5.88. The predicted octanol–water partition coefficient (Wildman–Crippen LogP) is 2.40. The van der Waals surface area contributed by atoms with Gasteiger partial charge in [-0.05, 0) is 26.0 Å². The highest BCUT2D eigenvalue weighted by molar-refractivity contribution is 5.48. The summed E-state index contributed by atoms with van der Waals surface area (Å²) in [4.78, 5) is 0. The van der Waals surface area contributed by atoms with Gasteiger partial charge >= 0.3 is 0 Å². The maximum Gasteiger partial charge on any atom is 0.167 e. The zero-order valence-electron chi connectivity index (χ0n) is 10.8. The molecule has 0 spiro atoms. The van der Waals surface area contributed by atoms with Crippen LogP contribution in [0.1, 0.15) is 13.8 Å². The first kappa shape index (κ1) is 13.1. The van der Waals surface area contributed by atoms with Crippen molar-refractivity contribution < 1.29 is 18.6 Å². The number of nitrogens with one attached hydrogen (secondary N) is 1. The number of methoxy groups -OCH3 is 1. The van der Waals surface area contributed by atoms with E-state index < -0.39 is 5.79 Å². The van der Waals surface area contributed by atoms with Crippen LogP contribution >= 0.6 is 0 Å². The fourth-order valence-corrected chi connectivity index (χ4v) is 1.77. The molecule has 100 valence electrons. The highest BCUT2D eigenvalue weighted by Gasteiger charge is 2.28. The van der Waals surface area contributed by atoms with Crippen LogP contribution in [0, 0.1) is 5.82 Å². The van der Waals surface area contributed by atoms with Crippen LogP contribution in [0.2, 0.25) is 0 Å². The van der Waals surface area contributed by atoms with Crippen molar-refractivity contribution in [2.45, 2.75) is 25.7 Å². The molecular weight excluding hydrogens is 237 g/mol. The Kier molecular flexibility index (Phi) is 3.73. The van der Waals surface area contributed by atoms with E-state index in [1.54, 1.807) is 12.1 Å². The van der Waals surface area contributed by atoms with Gasteiger partial charge in [-0.1, -0.05) is 0 Å². The number of anilines is 1. The Morgan fingerprint density at radius 2 is 2.00 bits per heavy atom. The van der Waals surface area contributed by atoms with Gasteiger partial charge in [-0.25, -0.2) is 4.39 Å². The Morgan fingerprint density at radius 3 is 2.56 bits per heavy atom. The molecule has 0 bridgehead atoms. The molecule has 1 fully saturated rings. The van der Waals surface area contributed by atoms with Crippen molar-refractivity contribution in [3.05, 3.63) is 24.0 Å². The van der Waals surface area contributed by atoms with E-state index in [1.807, 2.05) is 13.8 Å². The summed E-state index contributed by atoms with van der Waals surface area (Å²) >= 11 is 0. The Morgan fingerprint density at radius 1 is 1.33 bits per heavy atom. The van der Waals surface area contributed by atoms with Crippen LogP contribution in [0.15, 0.2) is 18.2 Å². The quantitative estimate of drug-likeness (QED) is 0.900. The summed E-state index contributed by atoms with van der Waals surface area (Å²) in [6.45, 7) is 4.80. The molecule has 0 radical (unpaired) electrons. The SMILES string of the molecule is COc1ccc(NC2COC(C)(C)OC2)cc1F. The van der Waals surface area contributed by atoms with Crippen LogP contribution in [0.25, 0.3) is 0 Å². The Hall–Kier alpha value is -1.33. The zero-order valence-corrected chi connectivity index (χ0v) is 10.8. The van der Waals surface area contributed by atoms with E-state index in [9.17, 15) is 4.39 Å². The normalized spacial score (nSPS) is 19.6. The van der Waals surface area contributed by atoms with Crippen molar-refractivity contribution in [2.75, 3.05) is 25.6 Å². The van der Waals surface area contributed by atoms with Gasteiger partial charge in [0.15, 0.2) is 17.4 Å². The van der Waals surface area contributed by atoms with Gasteiger partial charge in [0, 0.05) is 11.8 Å². The molecule has 0 amide bonds. The minimum Gasteiger partial charge on any atom is -0.494 e. The fraction of sp³-hybridized carbons (Fsp3) is 0.538. The summed E-state index contributed by atoms with van der Waals surface area (Å²) in [6, 6.07) is 4.78. The summed E-state index contributed by atoms with van der Waals surface area (Å²) in [6.07, 6.45) is 0. The van der Waals surface area contributed by atoms with Gasteiger partial charge in [0.05, 0.1) is 26.4 Å². The number of hydrogen-bond donors (Lipinski definition) is 1. The number of ether oxygens (including phenoxy) is 3. The smallest absolute Gasteiger partial charge is 0.167 e. The highest BCUT2D eigenvalue weighted by atomic mass is 19.1. The molecule has 0 aliphatic carbocycles. The summed E-state index contributed by atoms with van der Waals surface area (Å²) in [5, 5.41) is 3.17. The molecule has 0 atom stereocenters. The van der Waals surface area contributed by atoms with Crippen molar-refractivity contribution in [3.8, 4) is 5.75 Å². The van der Waals surface area contributed by atoms with Crippen molar-refractivity contribution in [1.82, 2.24) is 0 Å².